The van der Waals surface area contributed by atoms with Crippen molar-refractivity contribution in [1.29, 1.82) is 0 Å². The van der Waals surface area contributed by atoms with Crippen molar-refractivity contribution in [3.63, 3.8) is 0 Å². The highest BCUT2D eigenvalue weighted by Crippen LogP contribution is 2.44. The van der Waals surface area contributed by atoms with Gasteiger partial charge in [-0.25, -0.2) is 15.0 Å². The number of ether oxygens (including phenoxy) is 2. The molecule has 3 aliphatic rings. The first-order valence-corrected chi connectivity index (χ1v) is 13.6. The molecular formula is C29H34N6O2. The van der Waals surface area contributed by atoms with Crippen LogP contribution in [0.1, 0.15) is 57.4 Å². The van der Waals surface area contributed by atoms with Gasteiger partial charge < -0.3 is 24.3 Å². The summed E-state index contributed by atoms with van der Waals surface area (Å²) in [7, 11) is 0. The smallest absolute Gasteiger partial charge is 0.146 e. The number of nitrogen functional groups attached to an aromatic ring is 1. The van der Waals surface area contributed by atoms with Crippen molar-refractivity contribution in [2.24, 2.45) is 5.92 Å². The zero-order chi connectivity index (χ0) is 24.8. The molecule has 8 nitrogen and oxygen atoms in total. The number of hydrogen-bond donors (Lipinski definition) is 1. The van der Waals surface area contributed by atoms with E-state index in [0.717, 1.165) is 73.0 Å². The number of anilines is 1. The average molecular weight is 499 g/mol. The van der Waals surface area contributed by atoms with Gasteiger partial charge in [-0.3, -0.25) is 0 Å². The van der Waals surface area contributed by atoms with Gasteiger partial charge in [-0.1, -0.05) is 12.1 Å². The van der Waals surface area contributed by atoms with E-state index in [1.165, 1.54) is 12.8 Å². The molecule has 5 heterocycles. The number of fused-ring (bicyclic) bond motifs is 3. The van der Waals surface area contributed by atoms with E-state index in [0.29, 0.717) is 30.5 Å². The molecule has 0 radical (unpaired) electrons. The highest BCUT2D eigenvalue weighted by molar-refractivity contribution is 6.00. The Hall–Kier alpha value is -3.39. The molecule has 4 aromatic rings. The minimum absolute atomic E-state index is 0.0916. The summed E-state index contributed by atoms with van der Waals surface area (Å²) in [6, 6.07) is 8.72. The summed E-state index contributed by atoms with van der Waals surface area (Å²) in [5.41, 5.74) is 9.40. The third-order valence-corrected chi connectivity index (χ3v) is 8.78. The summed E-state index contributed by atoms with van der Waals surface area (Å²) < 4.78 is 17.0. The summed E-state index contributed by atoms with van der Waals surface area (Å²) in [6.07, 6.45) is 19.2. The van der Waals surface area contributed by atoms with Gasteiger partial charge in [0.05, 0.1) is 17.8 Å². The van der Waals surface area contributed by atoms with Crippen LogP contribution in [-0.4, -0.2) is 42.4 Å². The van der Waals surface area contributed by atoms with Gasteiger partial charge in [0.15, 0.2) is 0 Å². The van der Waals surface area contributed by atoms with E-state index >= 15 is 0 Å². The van der Waals surface area contributed by atoms with Gasteiger partial charge in [-0.05, 0) is 75.0 Å². The van der Waals surface area contributed by atoms with E-state index in [1.54, 1.807) is 6.33 Å². The van der Waals surface area contributed by atoms with Gasteiger partial charge in [0, 0.05) is 36.7 Å². The van der Waals surface area contributed by atoms with Gasteiger partial charge >= 0.3 is 0 Å². The van der Waals surface area contributed by atoms with E-state index < -0.39 is 0 Å². The van der Waals surface area contributed by atoms with E-state index in [2.05, 4.69) is 49.7 Å². The number of hydrogen-bond acceptors (Lipinski definition) is 6. The molecule has 1 aliphatic carbocycles. The first-order chi connectivity index (χ1) is 18.2. The molecule has 1 aromatic carbocycles. The topological polar surface area (TPSA) is 93.0 Å². The Labute approximate surface area is 216 Å². The van der Waals surface area contributed by atoms with Gasteiger partial charge in [0.2, 0.25) is 0 Å². The van der Waals surface area contributed by atoms with Crippen molar-refractivity contribution in [3.8, 4) is 16.9 Å². The minimum atomic E-state index is -0.0916. The van der Waals surface area contributed by atoms with Crippen LogP contribution in [0.3, 0.4) is 0 Å². The van der Waals surface area contributed by atoms with E-state index in [9.17, 15) is 0 Å². The van der Waals surface area contributed by atoms with Crippen LogP contribution in [0.2, 0.25) is 0 Å². The number of imidazole rings is 1. The summed E-state index contributed by atoms with van der Waals surface area (Å²) in [5, 5.41) is 0.927. The molecule has 2 aliphatic heterocycles. The number of nitrogens with two attached hydrogens (primary N) is 1. The molecule has 3 aromatic heterocycles. The Morgan fingerprint density at radius 2 is 1.95 bits per heavy atom. The maximum Gasteiger partial charge on any atom is 0.146 e. The lowest BCUT2D eigenvalue weighted by Crippen LogP contribution is -2.32. The maximum atomic E-state index is 6.43. The van der Waals surface area contributed by atoms with Crippen LogP contribution < -0.4 is 10.5 Å². The van der Waals surface area contributed by atoms with Crippen LogP contribution in [-0.2, 0) is 11.3 Å². The average Bonchev–Trinajstić information content (AvgIpc) is 3.73. The molecule has 7 rings (SSSR count). The fourth-order valence-electron chi connectivity index (χ4n) is 6.76. The second kappa shape index (κ2) is 9.17. The maximum absolute atomic E-state index is 6.43. The summed E-state index contributed by atoms with van der Waals surface area (Å²) in [5.74, 6) is 2.06. The van der Waals surface area contributed by atoms with Crippen LogP contribution in [0.4, 0.5) is 5.82 Å². The van der Waals surface area contributed by atoms with Crippen molar-refractivity contribution >= 4 is 16.9 Å². The second-order valence-corrected chi connectivity index (χ2v) is 11.2. The quantitative estimate of drug-likeness (QED) is 0.367. The second-order valence-electron chi connectivity index (χ2n) is 11.2. The van der Waals surface area contributed by atoms with E-state index in [4.69, 9.17) is 20.2 Å². The molecule has 0 unspecified atom stereocenters. The monoisotopic (exact) mass is 498 g/mol. The first kappa shape index (κ1) is 22.8. The third-order valence-electron chi connectivity index (χ3n) is 8.78. The van der Waals surface area contributed by atoms with E-state index in [-0.39, 0.29) is 5.60 Å². The Balaban J connectivity index is 1.13. The standard InChI is InChI=1S/C29H34N6O2/c30-27-26-25(21-2-1-3-24(14-21)36-17-29-10-8-23(37-29)9-11-29)16-35(28(26)33-18-32-27)22-6-4-20(5-7-22)15-34-13-12-31-19-34/h1-3,12-14,16,18-20,22-23H,4-11,15,17H2,(H2,30,32,33)/t20-,22-,23?,29?. The summed E-state index contributed by atoms with van der Waals surface area (Å²) in [4.78, 5) is 13.2. The number of rotatable bonds is 7. The molecule has 8 heteroatoms. The highest BCUT2D eigenvalue weighted by Gasteiger charge is 2.46. The fourth-order valence-corrected chi connectivity index (χ4v) is 6.76. The predicted octanol–water partition coefficient (Wildman–Crippen LogP) is 5.40. The molecule has 2 bridgehead atoms. The molecule has 0 atom stereocenters. The lowest BCUT2D eigenvalue weighted by molar-refractivity contribution is -0.0198. The molecule has 0 spiro atoms. The Morgan fingerprint density at radius 1 is 1.08 bits per heavy atom. The minimum Gasteiger partial charge on any atom is -0.491 e. The molecule has 2 N–H and O–H groups in total. The molecule has 1 saturated carbocycles. The SMILES string of the molecule is Nc1ncnc2c1c(-c1cccc(OCC34CCC(CC3)O4)c1)cn2[C@H]1CC[C@H](Cn2ccnc2)CC1. The molecule has 3 fully saturated rings. The summed E-state index contributed by atoms with van der Waals surface area (Å²) >= 11 is 0. The lowest BCUT2D eigenvalue weighted by Gasteiger charge is -2.30. The Morgan fingerprint density at radius 3 is 2.70 bits per heavy atom. The molecule has 192 valence electrons. The third kappa shape index (κ3) is 4.27. The van der Waals surface area contributed by atoms with Crippen LogP contribution in [0, 0.1) is 5.92 Å². The van der Waals surface area contributed by atoms with Gasteiger partial charge in [0.25, 0.3) is 0 Å². The first-order valence-electron chi connectivity index (χ1n) is 13.6. The largest absolute Gasteiger partial charge is 0.491 e. The van der Waals surface area contributed by atoms with Crippen LogP contribution in [0.5, 0.6) is 5.75 Å². The van der Waals surface area contributed by atoms with Crippen LogP contribution in [0.15, 0.2) is 55.5 Å². The molecule has 0 amide bonds. The Kier molecular flexibility index (Phi) is 5.65. The number of aromatic nitrogens is 5. The predicted molar refractivity (Wildman–Crippen MR) is 142 cm³/mol. The molecule has 37 heavy (non-hydrogen) atoms. The van der Waals surface area contributed by atoms with Gasteiger partial charge in [0.1, 0.15) is 35.7 Å². The van der Waals surface area contributed by atoms with Crippen molar-refractivity contribution in [1.82, 2.24) is 24.1 Å². The zero-order valence-corrected chi connectivity index (χ0v) is 21.1. The normalized spacial score (nSPS) is 27.2. The van der Waals surface area contributed by atoms with E-state index in [1.807, 2.05) is 18.6 Å². The van der Waals surface area contributed by atoms with Crippen molar-refractivity contribution < 1.29 is 9.47 Å². The Bertz CT molecular complexity index is 1380. The fraction of sp³-hybridized carbons (Fsp3) is 0.483. The van der Waals surface area contributed by atoms with Gasteiger partial charge in [-0.15, -0.1) is 0 Å². The van der Waals surface area contributed by atoms with Gasteiger partial charge in [-0.2, -0.15) is 0 Å². The number of benzene rings is 1. The van der Waals surface area contributed by atoms with Crippen LogP contribution >= 0.6 is 0 Å². The van der Waals surface area contributed by atoms with Crippen molar-refractivity contribution in [3.05, 3.63) is 55.5 Å². The lowest BCUT2D eigenvalue weighted by atomic mass is 9.86. The van der Waals surface area contributed by atoms with Crippen LogP contribution in [0.25, 0.3) is 22.2 Å². The molecule has 2 saturated heterocycles. The highest BCUT2D eigenvalue weighted by atomic mass is 16.6. The number of nitrogens with zero attached hydrogens (tertiary/aromatic N) is 5. The van der Waals surface area contributed by atoms with Crippen molar-refractivity contribution in [2.45, 2.75) is 75.7 Å². The van der Waals surface area contributed by atoms with Crippen molar-refractivity contribution in [2.75, 3.05) is 12.3 Å². The molecular weight excluding hydrogens is 464 g/mol. The summed E-state index contributed by atoms with van der Waals surface area (Å²) in [6.45, 7) is 1.65. The zero-order valence-electron chi connectivity index (χ0n) is 21.1.